The first-order chi connectivity index (χ1) is 12.0. The summed E-state index contributed by atoms with van der Waals surface area (Å²) in [5.41, 5.74) is 1.51. The molecule has 1 amide bonds. The van der Waals surface area contributed by atoms with Gasteiger partial charge < -0.3 is 14.8 Å². The molecule has 0 spiro atoms. The molecular formula is C17H13ClN2O5. The maximum absolute atomic E-state index is 12.0. The lowest BCUT2D eigenvalue weighted by Crippen LogP contribution is -2.13. The molecule has 1 aliphatic rings. The molecule has 0 saturated carbocycles. The summed E-state index contributed by atoms with van der Waals surface area (Å²) in [7, 11) is 0. The van der Waals surface area contributed by atoms with Crippen LogP contribution < -0.4 is 10.1 Å². The number of rotatable bonds is 4. The van der Waals surface area contributed by atoms with Gasteiger partial charge in [0.05, 0.1) is 11.5 Å². The van der Waals surface area contributed by atoms with Crippen molar-refractivity contribution in [1.82, 2.24) is 0 Å². The van der Waals surface area contributed by atoms with Crippen molar-refractivity contribution in [2.45, 2.75) is 6.61 Å². The molecule has 25 heavy (non-hydrogen) atoms. The highest BCUT2D eigenvalue weighted by Crippen LogP contribution is 2.33. The molecule has 8 heteroatoms. The monoisotopic (exact) mass is 360 g/mol. The van der Waals surface area contributed by atoms with Gasteiger partial charge in [0, 0.05) is 40.0 Å². The Morgan fingerprint density at radius 3 is 2.76 bits per heavy atom. The number of amides is 1. The Kier molecular flexibility index (Phi) is 4.97. The second-order valence-electron chi connectivity index (χ2n) is 5.22. The number of hydrogen-bond acceptors (Lipinski definition) is 5. The summed E-state index contributed by atoms with van der Waals surface area (Å²) >= 11 is 5.79. The van der Waals surface area contributed by atoms with Gasteiger partial charge in [0.1, 0.15) is 5.75 Å². The molecule has 1 heterocycles. The van der Waals surface area contributed by atoms with E-state index in [2.05, 4.69) is 5.32 Å². The van der Waals surface area contributed by atoms with Crippen molar-refractivity contribution in [3.63, 3.8) is 0 Å². The van der Waals surface area contributed by atoms with E-state index in [0.717, 1.165) is 0 Å². The molecule has 0 fully saturated rings. The number of nitro benzene ring substituents is 1. The number of non-ortho nitro benzene ring substituents is 1. The lowest BCUT2D eigenvalue weighted by atomic mass is 10.1. The number of hydrogen-bond donors (Lipinski definition) is 1. The molecule has 0 atom stereocenters. The minimum absolute atomic E-state index is 0.0582. The lowest BCUT2D eigenvalue weighted by Gasteiger charge is -2.19. The summed E-state index contributed by atoms with van der Waals surface area (Å²) in [6, 6.07) is 9.42. The van der Waals surface area contributed by atoms with Crippen LogP contribution in [0.4, 0.5) is 11.4 Å². The van der Waals surface area contributed by atoms with Gasteiger partial charge in [0.15, 0.2) is 6.79 Å². The van der Waals surface area contributed by atoms with E-state index >= 15 is 0 Å². The van der Waals surface area contributed by atoms with Crippen molar-refractivity contribution < 1.29 is 19.2 Å². The van der Waals surface area contributed by atoms with Gasteiger partial charge in [-0.15, -0.1) is 0 Å². The standard InChI is InChI=1S/C17H13ClN2O5/c18-13-2-4-14(5-3-13)19-16(21)6-1-11-7-15(20(22)23)8-12-9-24-10-25-17(11)12/h1-8H,9-10H2,(H,19,21)/b6-1-. The number of ether oxygens (including phenoxy) is 2. The van der Waals surface area contributed by atoms with Crippen LogP contribution in [0.2, 0.25) is 5.02 Å². The van der Waals surface area contributed by atoms with Gasteiger partial charge in [-0.1, -0.05) is 11.6 Å². The third kappa shape index (κ3) is 4.14. The second kappa shape index (κ2) is 7.33. The average molecular weight is 361 g/mol. The summed E-state index contributed by atoms with van der Waals surface area (Å²) in [5.74, 6) is 0.0991. The molecule has 3 rings (SSSR count). The smallest absolute Gasteiger partial charge is 0.270 e. The van der Waals surface area contributed by atoms with Crippen LogP contribution in [0.15, 0.2) is 42.5 Å². The average Bonchev–Trinajstić information content (AvgIpc) is 2.61. The van der Waals surface area contributed by atoms with Gasteiger partial charge in [0.25, 0.3) is 5.69 Å². The second-order valence-corrected chi connectivity index (χ2v) is 5.66. The van der Waals surface area contributed by atoms with Gasteiger partial charge in [-0.05, 0) is 30.3 Å². The van der Waals surface area contributed by atoms with Crippen LogP contribution >= 0.6 is 11.6 Å². The Morgan fingerprint density at radius 1 is 1.28 bits per heavy atom. The summed E-state index contributed by atoms with van der Waals surface area (Å²) in [6.07, 6.45) is 2.76. The van der Waals surface area contributed by atoms with Crippen molar-refractivity contribution in [3.05, 3.63) is 68.7 Å². The number of fused-ring (bicyclic) bond motifs is 1. The lowest BCUT2D eigenvalue weighted by molar-refractivity contribution is -0.385. The van der Waals surface area contributed by atoms with E-state index < -0.39 is 4.92 Å². The molecule has 2 aromatic carbocycles. The van der Waals surface area contributed by atoms with Crippen molar-refractivity contribution in [3.8, 4) is 5.75 Å². The number of nitro groups is 1. The van der Waals surface area contributed by atoms with E-state index in [1.54, 1.807) is 24.3 Å². The maximum atomic E-state index is 12.0. The largest absolute Gasteiger partial charge is 0.467 e. The normalized spacial score (nSPS) is 13.2. The maximum Gasteiger partial charge on any atom is 0.270 e. The molecule has 0 unspecified atom stereocenters. The third-order valence-electron chi connectivity index (χ3n) is 3.46. The first kappa shape index (κ1) is 16.9. The number of anilines is 1. The first-order valence-corrected chi connectivity index (χ1v) is 7.67. The van der Waals surface area contributed by atoms with Crippen molar-refractivity contribution in [2.75, 3.05) is 12.1 Å². The first-order valence-electron chi connectivity index (χ1n) is 7.29. The van der Waals surface area contributed by atoms with Gasteiger partial charge in [-0.25, -0.2) is 0 Å². The van der Waals surface area contributed by atoms with E-state index in [0.29, 0.717) is 27.6 Å². The minimum Gasteiger partial charge on any atom is -0.467 e. The van der Waals surface area contributed by atoms with E-state index in [1.165, 1.54) is 24.3 Å². The molecule has 0 aliphatic carbocycles. The van der Waals surface area contributed by atoms with Crippen LogP contribution in [0.5, 0.6) is 5.75 Å². The highest BCUT2D eigenvalue weighted by Gasteiger charge is 2.19. The van der Waals surface area contributed by atoms with Crippen LogP contribution in [0.25, 0.3) is 6.08 Å². The fraction of sp³-hybridized carbons (Fsp3) is 0.118. The Balaban J connectivity index is 1.82. The quantitative estimate of drug-likeness (QED) is 0.509. The Hall–Kier alpha value is -2.90. The highest BCUT2D eigenvalue weighted by molar-refractivity contribution is 6.30. The van der Waals surface area contributed by atoms with Crippen LogP contribution in [-0.2, 0) is 16.1 Å². The van der Waals surface area contributed by atoms with E-state index in [1.807, 2.05) is 0 Å². The summed E-state index contributed by atoms with van der Waals surface area (Å²) in [6.45, 7) is 0.275. The number of carbonyl (C=O) groups is 1. The van der Waals surface area contributed by atoms with Gasteiger partial charge >= 0.3 is 0 Å². The molecule has 7 nitrogen and oxygen atoms in total. The number of carbonyl (C=O) groups excluding carboxylic acids is 1. The van der Waals surface area contributed by atoms with Crippen LogP contribution in [0.3, 0.4) is 0 Å². The van der Waals surface area contributed by atoms with Crippen molar-refractivity contribution >= 4 is 35.0 Å². The van der Waals surface area contributed by atoms with Crippen LogP contribution in [0, 0.1) is 10.1 Å². The van der Waals surface area contributed by atoms with Crippen molar-refractivity contribution in [2.24, 2.45) is 0 Å². The number of nitrogens with one attached hydrogen (secondary N) is 1. The number of nitrogens with zero attached hydrogens (tertiary/aromatic N) is 1. The zero-order valence-corrected chi connectivity index (χ0v) is 13.7. The third-order valence-corrected chi connectivity index (χ3v) is 3.71. The van der Waals surface area contributed by atoms with Gasteiger partial charge in [0.2, 0.25) is 5.91 Å². The molecule has 0 aromatic heterocycles. The SMILES string of the molecule is O=C(/C=C\c1cc([N+](=O)[O-])cc2c1OCOC2)Nc1ccc(Cl)cc1. The molecule has 0 bridgehead atoms. The van der Waals surface area contributed by atoms with E-state index in [-0.39, 0.29) is 25.0 Å². The highest BCUT2D eigenvalue weighted by atomic mass is 35.5. The van der Waals surface area contributed by atoms with Crippen LogP contribution in [-0.4, -0.2) is 17.6 Å². The number of benzene rings is 2. The molecule has 1 N–H and O–H groups in total. The molecule has 2 aromatic rings. The predicted molar refractivity (Wildman–Crippen MR) is 92.5 cm³/mol. The summed E-state index contributed by atoms with van der Waals surface area (Å²) in [4.78, 5) is 22.6. The minimum atomic E-state index is -0.500. The molecular weight excluding hydrogens is 348 g/mol. The topological polar surface area (TPSA) is 90.7 Å². The van der Waals surface area contributed by atoms with E-state index in [4.69, 9.17) is 21.1 Å². The van der Waals surface area contributed by atoms with Gasteiger partial charge in [-0.2, -0.15) is 0 Å². The molecule has 128 valence electrons. The van der Waals surface area contributed by atoms with Crippen LogP contribution in [0.1, 0.15) is 11.1 Å². The fourth-order valence-corrected chi connectivity index (χ4v) is 2.47. The summed E-state index contributed by atoms with van der Waals surface area (Å²) < 4.78 is 10.6. The molecule has 1 aliphatic heterocycles. The van der Waals surface area contributed by atoms with Gasteiger partial charge in [-0.3, -0.25) is 14.9 Å². The number of halogens is 1. The predicted octanol–water partition coefficient (Wildman–Crippen LogP) is 3.77. The zero-order valence-electron chi connectivity index (χ0n) is 12.9. The Bertz CT molecular complexity index is 849. The molecule has 0 saturated heterocycles. The fourth-order valence-electron chi connectivity index (χ4n) is 2.34. The van der Waals surface area contributed by atoms with Crippen molar-refractivity contribution in [1.29, 1.82) is 0 Å². The van der Waals surface area contributed by atoms with E-state index in [9.17, 15) is 14.9 Å². The zero-order chi connectivity index (χ0) is 17.8. The Labute approximate surface area is 148 Å². The summed E-state index contributed by atoms with van der Waals surface area (Å²) in [5, 5.41) is 14.3. The molecule has 0 radical (unpaired) electrons. The Morgan fingerprint density at radius 2 is 2.04 bits per heavy atom.